The van der Waals surface area contributed by atoms with E-state index in [1.165, 1.54) is 12.8 Å². The van der Waals surface area contributed by atoms with Gasteiger partial charge in [-0.2, -0.15) is 0 Å². The Morgan fingerprint density at radius 3 is 2.94 bits per heavy atom. The van der Waals surface area contributed by atoms with Gasteiger partial charge in [0.25, 0.3) is 0 Å². The maximum absolute atomic E-state index is 6.03. The molecule has 0 aliphatic carbocycles. The summed E-state index contributed by atoms with van der Waals surface area (Å²) in [5.41, 5.74) is 8.00. The maximum Gasteiger partial charge on any atom is 0.0410 e. The summed E-state index contributed by atoms with van der Waals surface area (Å²) in [6.45, 7) is 6.72. The van der Waals surface area contributed by atoms with Crippen LogP contribution in [0.5, 0.6) is 0 Å². The largest absolute Gasteiger partial charge is 0.398 e. The molecule has 2 atom stereocenters. The molecule has 2 nitrogen and oxygen atoms in total. The van der Waals surface area contributed by atoms with Crippen molar-refractivity contribution >= 4 is 17.3 Å². The Bertz CT molecular complexity index is 392. The predicted octanol–water partition coefficient (Wildman–Crippen LogP) is 3.54. The quantitative estimate of drug-likeness (QED) is 0.816. The first-order valence-electron chi connectivity index (χ1n) is 6.36. The van der Waals surface area contributed by atoms with Crippen LogP contribution in [-0.4, -0.2) is 17.5 Å². The Balaban J connectivity index is 2.11. The van der Waals surface area contributed by atoms with E-state index in [2.05, 4.69) is 18.7 Å². The van der Waals surface area contributed by atoms with Gasteiger partial charge in [0.2, 0.25) is 0 Å². The fourth-order valence-electron chi connectivity index (χ4n) is 2.57. The zero-order valence-corrected chi connectivity index (χ0v) is 11.4. The molecule has 0 radical (unpaired) electrons. The van der Waals surface area contributed by atoms with Crippen LogP contribution in [0.2, 0.25) is 5.02 Å². The van der Waals surface area contributed by atoms with Gasteiger partial charge >= 0.3 is 0 Å². The van der Waals surface area contributed by atoms with Crippen molar-refractivity contribution in [1.29, 1.82) is 0 Å². The van der Waals surface area contributed by atoms with Gasteiger partial charge in [-0.3, -0.25) is 4.90 Å². The number of hydrogen-bond donors (Lipinski definition) is 1. The minimum Gasteiger partial charge on any atom is -0.398 e. The number of nitrogen functional groups attached to an aromatic ring is 1. The molecule has 1 saturated heterocycles. The van der Waals surface area contributed by atoms with Crippen LogP contribution in [0.15, 0.2) is 18.2 Å². The van der Waals surface area contributed by atoms with E-state index in [-0.39, 0.29) is 0 Å². The normalized spacial score (nSPS) is 26.1. The first kappa shape index (κ1) is 12.7. The highest BCUT2D eigenvalue weighted by Gasteiger charge is 2.24. The molecule has 0 bridgehead atoms. The SMILES string of the molecule is CC1CCCN(Cc2cc(Cl)ccc2N)C1C. The van der Waals surface area contributed by atoms with Crippen molar-refractivity contribution in [3.63, 3.8) is 0 Å². The Morgan fingerprint density at radius 1 is 1.41 bits per heavy atom. The molecule has 3 heteroatoms. The second-order valence-electron chi connectivity index (χ2n) is 5.17. The third-order valence-corrected chi connectivity index (χ3v) is 4.22. The van der Waals surface area contributed by atoms with Gasteiger partial charge in [0.15, 0.2) is 0 Å². The predicted molar refractivity (Wildman–Crippen MR) is 74.1 cm³/mol. The lowest BCUT2D eigenvalue weighted by Crippen LogP contribution is -2.41. The number of hydrogen-bond acceptors (Lipinski definition) is 2. The van der Waals surface area contributed by atoms with Crippen molar-refractivity contribution < 1.29 is 0 Å². The molecule has 0 aromatic heterocycles. The molecule has 17 heavy (non-hydrogen) atoms. The molecular formula is C14H21ClN2. The van der Waals surface area contributed by atoms with Gasteiger partial charge in [-0.05, 0) is 56.0 Å². The van der Waals surface area contributed by atoms with E-state index in [0.29, 0.717) is 6.04 Å². The van der Waals surface area contributed by atoms with E-state index < -0.39 is 0 Å². The van der Waals surface area contributed by atoms with Crippen molar-refractivity contribution in [1.82, 2.24) is 4.90 Å². The van der Waals surface area contributed by atoms with Crippen LogP contribution in [0.3, 0.4) is 0 Å². The number of halogens is 1. The summed E-state index contributed by atoms with van der Waals surface area (Å²) in [6, 6.07) is 6.36. The lowest BCUT2D eigenvalue weighted by Gasteiger charge is -2.38. The lowest BCUT2D eigenvalue weighted by molar-refractivity contribution is 0.107. The smallest absolute Gasteiger partial charge is 0.0410 e. The summed E-state index contributed by atoms with van der Waals surface area (Å²) >= 11 is 6.03. The van der Waals surface area contributed by atoms with Gasteiger partial charge in [0.1, 0.15) is 0 Å². The average molecular weight is 253 g/mol. The Kier molecular flexibility index (Phi) is 3.95. The average Bonchev–Trinajstić information content (AvgIpc) is 2.30. The van der Waals surface area contributed by atoms with Crippen LogP contribution >= 0.6 is 11.6 Å². The lowest BCUT2D eigenvalue weighted by atomic mass is 9.91. The number of rotatable bonds is 2. The van der Waals surface area contributed by atoms with E-state index in [1.807, 2.05) is 18.2 Å². The molecule has 94 valence electrons. The van der Waals surface area contributed by atoms with Crippen molar-refractivity contribution in [2.45, 2.75) is 39.3 Å². The van der Waals surface area contributed by atoms with E-state index >= 15 is 0 Å². The highest BCUT2D eigenvalue weighted by atomic mass is 35.5. The minimum absolute atomic E-state index is 0.627. The van der Waals surface area contributed by atoms with Crippen LogP contribution in [-0.2, 0) is 6.54 Å². The molecule has 1 heterocycles. The standard InChI is InChI=1S/C14H21ClN2/c1-10-4-3-7-17(11(10)2)9-12-8-13(15)5-6-14(12)16/h5-6,8,10-11H,3-4,7,9,16H2,1-2H3. The summed E-state index contributed by atoms with van der Waals surface area (Å²) in [6.07, 6.45) is 2.62. The Labute approximate surface area is 109 Å². The first-order chi connectivity index (χ1) is 8.08. The Hall–Kier alpha value is -0.730. The third kappa shape index (κ3) is 2.93. The summed E-state index contributed by atoms with van der Waals surface area (Å²) < 4.78 is 0. The summed E-state index contributed by atoms with van der Waals surface area (Å²) in [5.74, 6) is 0.768. The van der Waals surface area contributed by atoms with Crippen molar-refractivity contribution in [3.8, 4) is 0 Å². The molecule has 0 saturated carbocycles. The topological polar surface area (TPSA) is 29.3 Å². The van der Waals surface area contributed by atoms with Gasteiger partial charge in [-0.15, -0.1) is 0 Å². The Morgan fingerprint density at radius 2 is 2.18 bits per heavy atom. The molecule has 0 spiro atoms. The number of anilines is 1. The first-order valence-corrected chi connectivity index (χ1v) is 6.73. The third-order valence-electron chi connectivity index (χ3n) is 3.98. The number of likely N-dealkylation sites (tertiary alicyclic amines) is 1. The monoisotopic (exact) mass is 252 g/mol. The van der Waals surface area contributed by atoms with Crippen molar-refractivity contribution in [2.24, 2.45) is 5.92 Å². The second-order valence-corrected chi connectivity index (χ2v) is 5.61. The van der Waals surface area contributed by atoms with Crippen molar-refractivity contribution in [3.05, 3.63) is 28.8 Å². The van der Waals surface area contributed by atoms with E-state index in [4.69, 9.17) is 17.3 Å². The van der Waals surface area contributed by atoms with Crippen LogP contribution < -0.4 is 5.73 Å². The van der Waals surface area contributed by atoms with Gasteiger partial charge in [-0.25, -0.2) is 0 Å². The fourth-order valence-corrected chi connectivity index (χ4v) is 2.77. The molecule has 2 rings (SSSR count). The van der Waals surface area contributed by atoms with Crippen LogP contribution in [0, 0.1) is 5.92 Å². The van der Waals surface area contributed by atoms with Crippen molar-refractivity contribution in [2.75, 3.05) is 12.3 Å². The molecular weight excluding hydrogens is 232 g/mol. The van der Waals surface area contributed by atoms with E-state index in [0.717, 1.165) is 35.3 Å². The van der Waals surface area contributed by atoms with Crippen LogP contribution in [0.4, 0.5) is 5.69 Å². The second kappa shape index (κ2) is 5.28. The van der Waals surface area contributed by atoms with Gasteiger partial charge < -0.3 is 5.73 Å². The molecule has 1 aromatic rings. The zero-order valence-electron chi connectivity index (χ0n) is 10.6. The van der Waals surface area contributed by atoms with Crippen LogP contribution in [0.1, 0.15) is 32.3 Å². The fraction of sp³-hybridized carbons (Fsp3) is 0.571. The molecule has 1 aliphatic rings. The van der Waals surface area contributed by atoms with Gasteiger partial charge in [0.05, 0.1) is 0 Å². The van der Waals surface area contributed by atoms with Crippen LogP contribution in [0.25, 0.3) is 0 Å². The number of nitrogens with zero attached hydrogens (tertiary/aromatic N) is 1. The number of nitrogens with two attached hydrogens (primary N) is 1. The molecule has 1 fully saturated rings. The highest BCUT2D eigenvalue weighted by molar-refractivity contribution is 6.30. The van der Waals surface area contributed by atoms with E-state index in [1.54, 1.807) is 0 Å². The highest BCUT2D eigenvalue weighted by Crippen LogP contribution is 2.26. The summed E-state index contributed by atoms with van der Waals surface area (Å²) in [7, 11) is 0. The molecule has 2 N–H and O–H groups in total. The van der Waals surface area contributed by atoms with Gasteiger partial charge in [-0.1, -0.05) is 18.5 Å². The zero-order chi connectivity index (χ0) is 12.4. The van der Waals surface area contributed by atoms with E-state index in [9.17, 15) is 0 Å². The van der Waals surface area contributed by atoms with Gasteiger partial charge in [0, 0.05) is 23.3 Å². The molecule has 2 unspecified atom stereocenters. The molecule has 1 aliphatic heterocycles. The molecule has 1 aromatic carbocycles. The minimum atomic E-state index is 0.627. The number of piperidine rings is 1. The summed E-state index contributed by atoms with van der Waals surface area (Å²) in [5, 5.41) is 0.770. The molecule has 0 amide bonds. The maximum atomic E-state index is 6.03. The summed E-state index contributed by atoms with van der Waals surface area (Å²) in [4.78, 5) is 2.51. The number of benzene rings is 1.